The second kappa shape index (κ2) is 11.7. The van der Waals surface area contributed by atoms with Gasteiger partial charge in [0.15, 0.2) is 0 Å². The third-order valence-electron chi connectivity index (χ3n) is 13.0. The summed E-state index contributed by atoms with van der Waals surface area (Å²) in [5, 5.41) is 0. The van der Waals surface area contributed by atoms with E-state index in [0.29, 0.717) is 0 Å². The van der Waals surface area contributed by atoms with Crippen molar-refractivity contribution < 1.29 is 9.47 Å². The molecule has 8 aliphatic rings. The van der Waals surface area contributed by atoms with Crippen LogP contribution in [-0.4, -0.2) is 12.1 Å². The van der Waals surface area contributed by atoms with Crippen molar-refractivity contribution in [2.75, 3.05) is 4.90 Å². The summed E-state index contributed by atoms with van der Waals surface area (Å²) in [6.45, 7) is 2.44. The van der Waals surface area contributed by atoms with Crippen LogP contribution in [0, 0.1) is 5.92 Å². The molecule has 3 aromatic rings. The number of rotatable bonds is 3. The number of hydrogen-bond acceptors (Lipinski definition) is 3. The first-order chi connectivity index (χ1) is 26.2. The van der Waals surface area contributed by atoms with Gasteiger partial charge in [0.05, 0.1) is 11.5 Å². The number of hydrogen-bond donors (Lipinski definition) is 0. The van der Waals surface area contributed by atoms with Gasteiger partial charge in [-0.3, -0.25) is 0 Å². The molecule has 53 heavy (non-hydrogen) atoms. The molecule has 0 bridgehead atoms. The first-order valence-electron chi connectivity index (χ1n) is 19.6. The fourth-order valence-corrected chi connectivity index (χ4v) is 10.8. The third-order valence-corrected chi connectivity index (χ3v) is 13.0. The Kier molecular flexibility index (Phi) is 6.87. The van der Waals surface area contributed by atoms with Crippen molar-refractivity contribution in [1.29, 1.82) is 0 Å². The Morgan fingerprint density at radius 3 is 2.43 bits per heavy atom. The number of ether oxygens (including phenoxy) is 2. The lowest BCUT2D eigenvalue weighted by Gasteiger charge is -2.53. The van der Waals surface area contributed by atoms with E-state index in [1.54, 1.807) is 0 Å². The second-order valence-electron chi connectivity index (χ2n) is 15.8. The van der Waals surface area contributed by atoms with Crippen LogP contribution in [0.3, 0.4) is 0 Å². The maximum atomic E-state index is 7.05. The van der Waals surface area contributed by atoms with Gasteiger partial charge < -0.3 is 14.4 Å². The van der Waals surface area contributed by atoms with Crippen LogP contribution in [0.5, 0.6) is 11.5 Å². The minimum Gasteiger partial charge on any atom is -0.486 e. The van der Waals surface area contributed by atoms with Crippen LogP contribution in [0.25, 0.3) is 5.57 Å². The maximum Gasteiger partial charge on any atom is 0.139 e. The van der Waals surface area contributed by atoms with Gasteiger partial charge in [0, 0.05) is 45.0 Å². The average Bonchev–Trinajstić information content (AvgIpc) is 3.49. The number of anilines is 1. The zero-order valence-corrected chi connectivity index (χ0v) is 30.2. The predicted molar refractivity (Wildman–Crippen MR) is 215 cm³/mol. The van der Waals surface area contributed by atoms with Gasteiger partial charge in [-0.2, -0.15) is 0 Å². The van der Waals surface area contributed by atoms with Crippen LogP contribution in [0.4, 0.5) is 5.69 Å². The smallest absolute Gasteiger partial charge is 0.139 e. The van der Waals surface area contributed by atoms with E-state index in [9.17, 15) is 0 Å². The minimum atomic E-state index is -0.500. The first kappa shape index (κ1) is 31.0. The van der Waals surface area contributed by atoms with Crippen LogP contribution in [-0.2, 0) is 15.6 Å². The van der Waals surface area contributed by atoms with Gasteiger partial charge in [-0.1, -0.05) is 121 Å². The van der Waals surface area contributed by atoms with E-state index in [1.165, 1.54) is 55.9 Å². The first-order valence-corrected chi connectivity index (χ1v) is 19.6. The standard InChI is InChI=1S/C50H43NO2/c1-49-31-15-21-37(48(49)51(35-18-6-3-7-19-35)43-26-11-8-22-38(43)49)34-29-30-46-42(32-34)50(39-23-9-12-27-44(39)52-46)40-24-10-13-28-45(40)53-47-36(20-14-25-41(47)50)33-16-4-2-5-17-33/h2-4,6,8,10-11,13-16,18,20-32,42,46,48H,5,7,9,12,17,19H2,1H3. The molecule has 0 N–H and O–H groups in total. The Morgan fingerprint density at radius 2 is 1.57 bits per heavy atom. The average molecular weight is 690 g/mol. The van der Waals surface area contributed by atoms with Crippen molar-refractivity contribution in [2.45, 2.75) is 68.4 Å². The van der Waals surface area contributed by atoms with Crippen LogP contribution >= 0.6 is 0 Å². The van der Waals surface area contributed by atoms with Gasteiger partial charge in [0.25, 0.3) is 0 Å². The molecular formula is C50H43NO2. The number of allylic oxidation sites excluding steroid dienone is 14. The fourth-order valence-electron chi connectivity index (χ4n) is 10.8. The van der Waals surface area contributed by atoms with E-state index < -0.39 is 5.41 Å². The molecule has 3 nitrogen and oxygen atoms in total. The predicted octanol–water partition coefficient (Wildman–Crippen LogP) is 11.8. The highest BCUT2D eigenvalue weighted by molar-refractivity contribution is 5.80. The van der Waals surface area contributed by atoms with Gasteiger partial charge in [-0.05, 0) is 98.1 Å². The molecule has 1 spiro atoms. The summed E-state index contributed by atoms with van der Waals surface area (Å²) in [5.74, 6) is 2.95. The van der Waals surface area contributed by atoms with Gasteiger partial charge in [0.2, 0.25) is 0 Å². The number of nitrogens with zero attached hydrogens (tertiary/aromatic N) is 1. The van der Waals surface area contributed by atoms with Crippen molar-refractivity contribution in [1.82, 2.24) is 0 Å². The molecule has 3 heteroatoms. The Balaban J connectivity index is 1.14. The molecule has 5 unspecified atom stereocenters. The lowest BCUT2D eigenvalue weighted by Crippen LogP contribution is -2.51. The monoisotopic (exact) mass is 689 g/mol. The highest BCUT2D eigenvalue weighted by Gasteiger charge is 2.58. The van der Waals surface area contributed by atoms with E-state index in [1.807, 2.05) is 0 Å². The topological polar surface area (TPSA) is 21.7 Å². The van der Waals surface area contributed by atoms with Crippen LogP contribution in [0.2, 0.25) is 0 Å². The molecule has 11 rings (SSSR count). The summed E-state index contributed by atoms with van der Waals surface area (Å²) >= 11 is 0. The highest BCUT2D eigenvalue weighted by atomic mass is 16.5. The number of para-hydroxylation sites is 3. The SMILES string of the molecule is CC12C=CC=C(C3=CC4C(C=C3)OC3=CCCC=C3C43c4ccccc4Oc4c(C5=CC=CCC5)cccc43)C1N(C1=CC=CCC1)c1ccccc12. The summed E-state index contributed by atoms with van der Waals surface area (Å²) in [6, 6.07) is 24.9. The quantitative estimate of drug-likeness (QED) is 0.273. The number of fused-ring (bicyclic) bond motifs is 11. The number of benzene rings is 3. The lowest BCUT2D eigenvalue weighted by molar-refractivity contribution is 0.0636. The molecule has 1 fully saturated rings. The Labute approximate surface area is 312 Å². The van der Waals surface area contributed by atoms with E-state index in [2.05, 4.69) is 164 Å². The van der Waals surface area contributed by atoms with E-state index in [0.717, 1.165) is 55.8 Å². The molecule has 0 amide bonds. The maximum absolute atomic E-state index is 7.05. The largest absolute Gasteiger partial charge is 0.486 e. The Bertz CT molecular complexity index is 2410. The summed E-state index contributed by atoms with van der Waals surface area (Å²) in [4.78, 5) is 2.66. The minimum absolute atomic E-state index is 0.00426. The van der Waals surface area contributed by atoms with Gasteiger partial charge >= 0.3 is 0 Å². The summed E-state index contributed by atoms with van der Waals surface area (Å²) in [5.41, 5.74) is 12.3. The van der Waals surface area contributed by atoms with Gasteiger partial charge in [-0.15, -0.1) is 0 Å². The van der Waals surface area contributed by atoms with E-state index in [4.69, 9.17) is 9.47 Å². The molecule has 3 aromatic carbocycles. The Morgan fingerprint density at radius 1 is 0.755 bits per heavy atom. The van der Waals surface area contributed by atoms with Crippen molar-refractivity contribution >= 4 is 11.3 Å². The molecule has 5 atom stereocenters. The lowest BCUT2D eigenvalue weighted by atomic mass is 9.55. The molecule has 5 aliphatic carbocycles. The molecular weight excluding hydrogens is 647 g/mol. The molecule has 0 radical (unpaired) electrons. The molecule has 3 aliphatic heterocycles. The third kappa shape index (κ3) is 4.34. The van der Waals surface area contributed by atoms with Crippen LogP contribution < -0.4 is 9.64 Å². The van der Waals surface area contributed by atoms with Crippen molar-refractivity contribution in [2.24, 2.45) is 5.92 Å². The molecule has 260 valence electrons. The van der Waals surface area contributed by atoms with Gasteiger partial charge in [-0.25, -0.2) is 0 Å². The summed E-state index contributed by atoms with van der Waals surface area (Å²) in [7, 11) is 0. The van der Waals surface area contributed by atoms with Crippen molar-refractivity contribution in [3.63, 3.8) is 0 Å². The van der Waals surface area contributed by atoms with Crippen molar-refractivity contribution in [3.05, 3.63) is 202 Å². The zero-order valence-electron chi connectivity index (χ0n) is 30.2. The van der Waals surface area contributed by atoms with E-state index in [-0.39, 0.29) is 23.5 Å². The Hall–Kier alpha value is -5.54. The second-order valence-corrected chi connectivity index (χ2v) is 15.8. The van der Waals surface area contributed by atoms with Crippen molar-refractivity contribution in [3.8, 4) is 11.5 Å². The zero-order chi connectivity index (χ0) is 35.1. The molecule has 0 saturated carbocycles. The van der Waals surface area contributed by atoms with Gasteiger partial charge in [0.1, 0.15) is 23.4 Å². The molecule has 3 heterocycles. The molecule has 0 aromatic heterocycles. The fraction of sp³-hybridized carbons (Fsp3) is 0.240. The highest BCUT2D eigenvalue weighted by Crippen LogP contribution is 2.64. The van der Waals surface area contributed by atoms with E-state index >= 15 is 0 Å². The normalized spacial score (nSPS) is 29.8. The molecule has 1 saturated heterocycles. The summed E-state index contributed by atoms with van der Waals surface area (Å²) in [6.07, 6.45) is 38.8. The van der Waals surface area contributed by atoms with Crippen LogP contribution in [0.15, 0.2) is 180 Å². The summed E-state index contributed by atoms with van der Waals surface area (Å²) < 4.78 is 14.1. The van der Waals surface area contributed by atoms with Crippen LogP contribution in [0.1, 0.15) is 67.7 Å².